The van der Waals surface area contributed by atoms with Crippen LogP contribution in [0.3, 0.4) is 0 Å². The van der Waals surface area contributed by atoms with Crippen molar-refractivity contribution in [2.75, 3.05) is 0 Å². The second-order valence-corrected chi connectivity index (χ2v) is 11.9. The third-order valence-corrected chi connectivity index (χ3v) is 9.44. The van der Waals surface area contributed by atoms with E-state index in [0.717, 1.165) is 62.9 Å². The maximum absolute atomic E-state index is 9.77. The summed E-state index contributed by atoms with van der Waals surface area (Å²) < 4.78 is 28.8. The molecule has 3 heteroatoms. The number of nitrogens with zero attached hydrogens (tertiary/aromatic N) is 3. The van der Waals surface area contributed by atoms with Gasteiger partial charge in [-0.15, -0.1) is 0 Å². The smallest absolute Gasteiger partial charge is 0.164 e. The van der Waals surface area contributed by atoms with Gasteiger partial charge >= 0.3 is 0 Å². The van der Waals surface area contributed by atoms with Crippen LogP contribution < -0.4 is 0 Å². The summed E-state index contributed by atoms with van der Waals surface area (Å²) in [6, 6.07) is 42.8. The van der Waals surface area contributed by atoms with Crippen molar-refractivity contribution < 1.29 is 4.11 Å². The fourth-order valence-electron chi connectivity index (χ4n) is 7.49. The predicted molar refractivity (Wildman–Crippen MR) is 173 cm³/mol. The summed E-state index contributed by atoms with van der Waals surface area (Å²) >= 11 is 0. The molecule has 43 heavy (non-hydrogen) atoms. The first kappa shape index (κ1) is 21.8. The van der Waals surface area contributed by atoms with Gasteiger partial charge in [-0.05, 0) is 76.5 Å². The van der Waals surface area contributed by atoms with Gasteiger partial charge in [0.15, 0.2) is 17.5 Å². The lowest BCUT2D eigenvalue weighted by molar-refractivity contribution is 0.327. The minimum atomic E-state index is -1.51. The molecule has 3 aliphatic carbocycles. The summed E-state index contributed by atoms with van der Waals surface area (Å²) in [5, 5.41) is 0. The van der Waals surface area contributed by atoms with E-state index in [1.165, 1.54) is 0 Å². The van der Waals surface area contributed by atoms with Gasteiger partial charge in [0, 0.05) is 26.2 Å². The second-order valence-electron chi connectivity index (χ2n) is 11.9. The van der Waals surface area contributed by atoms with Gasteiger partial charge in [-0.25, -0.2) is 15.0 Å². The molecule has 5 aromatic carbocycles. The monoisotopic (exact) mass is 556 g/mol. The zero-order chi connectivity index (χ0) is 31.1. The third kappa shape index (κ3) is 3.84. The Labute approximate surface area is 256 Å². The Balaban J connectivity index is 1.20. The van der Waals surface area contributed by atoms with E-state index in [9.17, 15) is 4.11 Å². The SMILES string of the molecule is [2H]C12CCC(C1)C([2H])([2H])C21c2ccccc2-c2ccc(-c3cccc(-c4nc(-c5ccccc5)nc(-c5ccccc5)n4)c3)cc21. The van der Waals surface area contributed by atoms with Crippen LogP contribution in [0.2, 0.25) is 0 Å². The molecule has 0 aliphatic heterocycles. The molecule has 0 radical (unpaired) electrons. The van der Waals surface area contributed by atoms with Crippen LogP contribution in [0.25, 0.3) is 56.4 Å². The van der Waals surface area contributed by atoms with Gasteiger partial charge in [0.1, 0.15) is 0 Å². The van der Waals surface area contributed by atoms with Crippen LogP contribution in [-0.4, -0.2) is 15.0 Å². The van der Waals surface area contributed by atoms with Crippen LogP contribution in [0, 0.1) is 11.8 Å². The summed E-state index contributed by atoms with van der Waals surface area (Å²) in [5.41, 5.74) is 7.77. The molecule has 3 unspecified atom stereocenters. The van der Waals surface area contributed by atoms with Crippen molar-refractivity contribution in [2.45, 2.75) is 31.1 Å². The van der Waals surface area contributed by atoms with E-state index in [-0.39, 0.29) is 5.92 Å². The molecular weight excluding hydrogens is 522 g/mol. The highest BCUT2D eigenvalue weighted by Gasteiger charge is 2.56. The number of fused-ring (bicyclic) bond motifs is 8. The van der Waals surface area contributed by atoms with Gasteiger partial charge in [0.05, 0.1) is 0 Å². The van der Waals surface area contributed by atoms with Crippen molar-refractivity contribution in [1.29, 1.82) is 0 Å². The number of rotatable bonds is 4. The predicted octanol–water partition coefficient (Wildman–Crippen LogP) is 9.63. The number of hydrogen-bond acceptors (Lipinski definition) is 3. The maximum Gasteiger partial charge on any atom is 0.164 e. The molecule has 1 aromatic heterocycles. The third-order valence-electron chi connectivity index (χ3n) is 9.44. The van der Waals surface area contributed by atoms with Gasteiger partial charge in [-0.1, -0.05) is 122 Å². The molecule has 3 nitrogen and oxygen atoms in total. The van der Waals surface area contributed by atoms with Crippen LogP contribution >= 0.6 is 0 Å². The minimum absolute atomic E-state index is 0.113. The van der Waals surface area contributed by atoms with Crippen molar-refractivity contribution in [2.24, 2.45) is 11.8 Å². The number of hydrogen-bond donors (Lipinski definition) is 0. The van der Waals surface area contributed by atoms with Crippen LogP contribution in [0.15, 0.2) is 127 Å². The van der Waals surface area contributed by atoms with E-state index in [0.29, 0.717) is 23.9 Å². The van der Waals surface area contributed by atoms with Crippen LogP contribution in [0.5, 0.6) is 0 Å². The van der Waals surface area contributed by atoms with E-state index in [1.54, 1.807) is 0 Å². The van der Waals surface area contributed by atoms with Gasteiger partial charge in [0.2, 0.25) is 0 Å². The van der Waals surface area contributed by atoms with E-state index in [1.807, 2.05) is 84.9 Å². The number of benzene rings is 5. The van der Waals surface area contributed by atoms with Crippen molar-refractivity contribution in [1.82, 2.24) is 15.0 Å². The van der Waals surface area contributed by atoms with Crippen molar-refractivity contribution in [3.63, 3.8) is 0 Å². The topological polar surface area (TPSA) is 38.7 Å². The Morgan fingerprint density at radius 3 is 1.81 bits per heavy atom. The molecule has 1 heterocycles. The Bertz CT molecular complexity index is 2080. The Kier molecular flexibility index (Phi) is 4.84. The molecule has 1 spiro atoms. The van der Waals surface area contributed by atoms with E-state index in [2.05, 4.69) is 42.5 Å². The van der Waals surface area contributed by atoms with Crippen LogP contribution in [0.4, 0.5) is 0 Å². The molecule has 0 N–H and O–H groups in total. The summed E-state index contributed by atoms with van der Waals surface area (Å²) in [4.78, 5) is 14.7. The first-order valence-electron chi connectivity index (χ1n) is 16.6. The molecule has 6 aromatic rings. The van der Waals surface area contributed by atoms with Crippen LogP contribution in [-0.2, 0) is 5.41 Å². The standard InChI is InChI=1S/C40H31N3/c1-3-10-27(11-4-1)37-41-38(28-12-5-2-6-13-28)43-39(42-37)31-15-9-14-29(23-31)30-19-21-34-33-16-7-8-17-35(33)40(36(34)24-30)25-26-18-20-32(40)22-26/h1-17,19,21,23-24,26,32H,18,20,22,25H2/i25D2,32D. The summed E-state index contributed by atoms with van der Waals surface area (Å²) in [5.74, 6) is 0.833. The molecule has 2 saturated carbocycles. The Morgan fingerprint density at radius 2 is 1.12 bits per heavy atom. The molecule has 9 rings (SSSR count). The summed E-state index contributed by atoms with van der Waals surface area (Å²) in [7, 11) is 0. The van der Waals surface area contributed by atoms with Crippen molar-refractivity contribution >= 4 is 0 Å². The lowest BCUT2D eigenvalue weighted by Crippen LogP contribution is -2.31. The lowest BCUT2D eigenvalue weighted by atomic mass is 9.66. The minimum Gasteiger partial charge on any atom is -0.208 e. The normalized spacial score (nSPS) is 25.1. The van der Waals surface area contributed by atoms with Crippen LogP contribution in [0.1, 0.15) is 40.9 Å². The van der Waals surface area contributed by atoms with E-state index in [4.69, 9.17) is 15.0 Å². The first-order chi connectivity index (χ1) is 22.4. The van der Waals surface area contributed by atoms with Gasteiger partial charge in [0.25, 0.3) is 0 Å². The quantitative estimate of drug-likeness (QED) is 0.217. The fraction of sp³-hybridized carbons (Fsp3) is 0.175. The molecule has 206 valence electrons. The molecule has 3 atom stereocenters. The largest absolute Gasteiger partial charge is 0.208 e. The van der Waals surface area contributed by atoms with Crippen molar-refractivity contribution in [3.8, 4) is 56.4 Å². The molecule has 3 aliphatic rings. The zero-order valence-electron chi connectivity index (χ0n) is 26.7. The first-order valence-corrected chi connectivity index (χ1v) is 15.1. The highest BCUT2D eigenvalue weighted by atomic mass is 15.0. The Morgan fingerprint density at radius 1 is 0.535 bits per heavy atom. The highest BCUT2D eigenvalue weighted by Crippen LogP contribution is 2.65. The summed E-state index contributed by atoms with van der Waals surface area (Å²) in [6.45, 7) is 0. The number of aromatic nitrogens is 3. The summed E-state index contributed by atoms with van der Waals surface area (Å²) in [6.07, 6.45) is 0.582. The van der Waals surface area contributed by atoms with Crippen molar-refractivity contribution in [3.05, 3.63) is 139 Å². The average Bonchev–Trinajstić information content (AvgIpc) is 3.71. The molecule has 0 amide bonds. The van der Waals surface area contributed by atoms with Gasteiger partial charge in [-0.3, -0.25) is 0 Å². The molecular formula is C40H31N3. The molecule has 0 saturated heterocycles. The Hall–Kier alpha value is -4.89. The average molecular weight is 557 g/mol. The zero-order valence-corrected chi connectivity index (χ0v) is 23.7. The fourth-order valence-corrected chi connectivity index (χ4v) is 7.49. The molecule has 2 fully saturated rings. The van der Waals surface area contributed by atoms with Gasteiger partial charge < -0.3 is 0 Å². The van der Waals surface area contributed by atoms with E-state index >= 15 is 0 Å². The van der Waals surface area contributed by atoms with Gasteiger partial charge in [-0.2, -0.15) is 0 Å². The van der Waals surface area contributed by atoms with E-state index < -0.39 is 17.7 Å². The second kappa shape index (κ2) is 9.57. The molecule has 2 bridgehead atoms. The maximum atomic E-state index is 9.77. The highest BCUT2D eigenvalue weighted by molar-refractivity contribution is 5.85. The lowest BCUT2D eigenvalue weighted by Gasteiger charge is -2.36.